The molecule has 1 amide bonds. The molecule has 0 aliphatic rings. The number of halogens is 1. The maximum Gasteiger partial charge on any atom is 0.241 e. The molecule has 22 heavy (non-hydrogen) atoms. The zero-order chi connectivity index (χ0) is 16.9. The molecule has 0 aliphatic heterocycles. The highest BCUT2D eigenvalue weighted by molar-refractivity contribution is 7.92. The lowest BCUT2D eigenvalue weighted by atomic mass is 10.2. The van der Waals surface area contributed by atoms with E-state index in [4.69, 9.17) is 16.3 Å². The molecule has 0 fully saturated rings. The van der Waals surface area contributed by atoms with Crippen molar-refractivity contribution in [2.24, 2.45) is 0 Å². The summed E-state index contributed by atoms with van der Waals surface area (Å²) >= 11 is 6.03. The lowest BCUT2D eigenvalue weighted by Crippen LogP contribution is -2.44. The summed E-state index contributed by atoms with van der Waals surface area (Å²) in [5.74, 6) is -0.408. The molecule has 0 aliphatic carbocycles. The van der Waals surface area contributed by atoms with Crippen LogP contribution >= 0.6 is 11.6 Å². The van der Waals surface area contributed by atoms with Gasteiger partial charge >= 0.3 is 0 Å². The first-order valence-corrected chi connectivity index (χ1v) is 8.90. The Morgan fingerprint density at radius 1 is 1.45 bits per heavy atom. The number of methoxy groups -OCH3 is 1. The highest BCUT2D eigenvalue weighted by Crippen LogP contribution is 2.27. The molecule has 0 aromatic heterocycles. The molecule has 0 saturated carbocycles. The van der Waals surface area contributed by atoms with Crippen molar-refractivity contribution in [2.45, 2.75) is 19.9 Å². The number of sulfonamides is 1. The predicted octanol–water partition coefficient (Wildman–Crippen LogP) is 1.57. The van der Waals surface area contributed by atoms with E-state index in [1.54, 1.807) is 32.0 Å². The molecular weight excluding hydrogens is 328 g/mol. The van der Waals surface area contributed by atoms with Gasteiger partial charge in [0, 0.05) is 18.2 Å². The van der Waals surface area contributed by atoms with Crippen molar-refractivity contribution < 1.29 is 17.9 Å². The smallest absolute Gasteiger partial charge is 0.241 e. The van der Waals surface area contributed by atoms with Gasteiger partial charge in [0.1, 0.15) is 6.54 Å². The summed E-state index contributed by atoms with van der Waals surface area (Å²) in [6.45, 7) is 3.52. The molecule has 1 N–H and O–H groups in total. The number of carbonyl (C=O) groups excluding carboxylic acids is 1. The minimum atomic E-state index is -3.62. The van der Waals surface area contributed by atoms with Crippen molar-refractivity contribution in [3.05, 3.63) is 28.8 Å². The van der Waals surface area contributed by atoms with Gasteiger partial charge < -0.3 is 10.1 Å². The van der Waals surface area contributed by atoms with Crippen LogP contribution in [0.15, 0.2) is 18.2 Å². The van der Waals surface area contributed by atoms with Crippen molar-refractivity contribution >= 4 is 33.2 Å². The zero-order valence-corrected chi connectivity index (χ0v) is 14.7. The Hall–Kier alpha value is -1.31. The Labute approximate surface area is 136 Å². The second-order valence-electron chi connectivity index (χ2n) is 5.08. The fraction of sp³-hybridized carbons (Fsp3) is 0.500. The lowest BCUT2D eigenvalue weighted by Gasteiger charge is -2.24. The quantitative estimate of drug-likeness (QED) is 0.811. The van der Waals surface area contributed by atoms with Gasteiger partial charge in [0.2, 0.25) is 15.9 Å². The highest BCUT2D eigenvalue weighted by Gasteiger charge is 2.23. The van der Waals surface area contributed by atoms with Crippen LogP contribution in [-0.2, 0) is 19.6 Å². The Bertz CT molecular complexity index is 634. The van der Waals surface area contributed by atoms with Crippen LogP contribution in [0.4, 0.5) is 5.69 Å². The first-order valence-electron chi connectivity index (χ1n) is 6.68. The van der Waals surface area contributed by atoms with E-state index in [0.29, 0.717) is 22.9 Å². The van der Waals surface area contributed by atoms with Gasteiger partial charge in [-0.2, -0.15) is 0 Å². The van der Waals surface area contributed by atoms with Gasteiger partial charge in [0.15, 0.2) is 0 Å². The molecule has 0 spiro atoms. The molecule has 1 aromatic rings. The summed E-state index contributed by atoms with van der Waals surface area (Å²) in [5.41, 5.74) is 0.997. The normalized spacial score (nSPS) is 12.8. The van der Waals surface area contributed by atoms with Crippen LogP contribution in [0.2, 0.25) is 5.02 Å². The first-order chi connectivity index (χ1) is 10.2. The number of carbonyl (C=O) groups is 1. The van der Waals surface area contributed by atoms with Gasteiger partial charge in [-0.25, -0.2) is 8.42 Å². The topological polar surface area (TPSA) is 75.7 Å². The third kappa shape index (κ3) is 5.15. The van der Waals surface area contributed by atoms with Crippen LogP contribution in [0.1, 0.15) is 12.5 Å². The molecule has 124 valence electrons. The maximum absolute atomic E-state index is 12.0. The SMILES string of the molecule is COC[C@@H](C)NC(=O)CN(c1cccc(Cl)c1C)S(C)(=O)=O. The van der Waals surface area contributed by atoms with Gasteiger partial charge in [-0.1, -0.05) is 17.7 Å². The number of anilines is 1. The van der Waals surface area contributed by atoms with E-state index in [1.807, 2.05) is 0 Å². The Morgan fingerprint density at radius 2 is 2.09 bits per heavy atom. The van der Waals surface area contributed by atoms with Crippen LogP contribution in [0.5, 0.6) is 0 Å². The van der Waals surface area contributed by atoms with Crippen LogP contribution in [0.25, 0.3) is 0 Å². The number of ether oxygens (including phenoxy) is 1. The molecule has 8 heteroatoms. The van der Waals surface area contributed by atoms with E-state index in [-0.39, 0.29) is 12.6 Å². The van der Waals surface area contributed by atoms with E-state index in [2.05, 4.69) is 5.32 Å². The third-order valence-corrected chi connectivity index (χ3v) is 4.56. The molecule has 0 bridgehead atoms. The molecule has 0 heterocycles. The monoisotopic (exact) mass is 348 g/mol. The molecule has 0 unspecified atom stereocenters. The number of nitrogens with one attached hydrogen (secondary N) is 1. The number of rotatable bonds is 7. The van der Waals surface area contributed by atoms with Gasteiger partial charge in [0.05, 0.1) is 18.6 Å². The van der Waals surface area contributed by atoms with Gasteiger partial charge in [-0.3, -0.25) is 9.10 Å². The second-order valence-corrected chi connectivity index (χ2v) is 7.39. The summed E-state index contributed by atoms with van der Waals surface area (Å²) < 4.78 is 30.0. The van der Waals surface area contributed by atoms with Gasteiger partial charge in [-0.05, 0) is 31.5 Å². The molecule has 0 radical (unpaired) electrons. The minimum Gasteiger partial charge on any atom is -0.383 e. The third-order valence-electron chi connectivity index (χ3n) is 3.02. The Balaban J connectivity index is 3.01. The summed E-state index contributed by atoms with van der Waals surface area (Å²) in [4.78, 5) is 12.0. The van der Waals surface area contributed by atoms with Crippen molar-refractivity contribution in [3.8, 4) is 0 Å². The summed E-state index contributed by atoms with van der Waals surface area (Å²) in [6.07, 6.45) is 1.05. The molecule has 1 aromatic carbocycles. The molecular formula is C14H21ClN2O4S. The van der Waals surface area contributed by atoms with Crippen molar-refractivity contribution in [1.29, 1.82) is 0 Å². The first kappa shape index (κ1) is 18.7. The number of amides is 1. The van der Waals surface area contributed by atoms with Crippen molar-refractivity contribution in [1.82, 2.24) is 5.32 Å². The molecule has 0 saturated heterocycles. The second kappa shape index (κ2) is 7.80. The average molecular weight is 349 g/mol. The van der Waals surface area contributed by atoms with Crippen LogP contribution in [0, 0.1) is 6.92 Å². The number of benzene rings is 1. The average Bonchev–Trinajstić information content (AvgIpc) is 2.38. The zero-order valence-electron chi connectivity index (χ0n) is 13.1. The molecule has 1 rings (SSSR count). The fourth-order valence-electron chi connectivity index (χ4n) is 1.99. The lowest BCUT2D eigenvalue weighted by molar-refractivity contribution is -0.120. The van der Waals surface area contributed by atoms with Crippen LogP contribution in [-0.4, -0.2) is 46.9 Å². The van der Waals surface area contributed by atoms with Crippen molar-refractivity contribution in [2.75, 3.05) is 30.8 Å². The molecule has 1 atom stereocenters. The van der Waals surface area contributed by atoms with E-state index in [0.717, 1.165) is 10.6 Å². The van der Waals surface area contributed by atoms with Crippen LogP contribution < -0.4 is 9.62 Å². The summed E-state index contributed by atoms with van der Waals surface area (Å²) in [6, 6.07) is 4.73. The van der Waals surface area contributed by atoms with E-state index >= 15 is 0 Å². The fourth-order valence-corrected chi connectivity index (χ4v) is 3.07. The standard InChI is InChI=1S/C14H21ClN2O4S/c1-10(9-21-3)16-14(18)8-17(22(4,19)20)13-7-5-6-12(15)11(13)2/h5-7,10H,8-9H2,1-4H3,(H,16,18)/t10-/m1/s1. The van der Waals surface area contributed by atoms with Gasteiger partial charge in [-0.15, -0.1) is 0 Å². The minimum absolute atomic E-state index is 0.209. The summed E-state index contributed by atoms with van der Waals surface area (Å²) in [5, 5.41) is 3.13. The Morgan fingerprint density at radius 3 is 2.64 bits per heavy atom. The van der Waals surface area contributed by atoms with E-state index in [1.165, 1.54) is 7.11 Å². The maximum atomic E-state index is 12.0. The number of hydrogen-bond acceptors (Lipinski definition) is 4. The predicted molar refractivity (Wildman–Crippen MR) is 87.9 cm³/mol. The Kier molecular flexibility index (Phi) is 6.65. The number of nitrogens with zero attached hydrogens (tertiary/aromatic N) is 1. The highest BCUT2D eigenvalue weighted by atomic mass is 35.5. The van der Waals surface area contributed by atoms with E-state index < -0.39 is 15.9 Å². The van der Waals surface area contributed by atoms with Crippen LogP contribution in [0.3, 0.4) is 0 Å². The number of hydrogen-bond donors (Lipinski definition) is 1. The largest absolute Gasteiger partial charge is 0.383 e. The summed E-state index contributed by atoms with van der Waals surface area (Å²) in [7, 11) is -2.09. The molecule has 6 nitrogen and oxygen atoms in total. The van der Waals surface area contributed by atoms with E-state index in [9.17, 15) is 13.2 Å². The van der Waals surface area contributed by atoms with Crippen molar-refractivity contribution in [3.63, 3.8) is 0 Å². The van der Waals surface area contributed by atoms with Gasteiger partial charge in [0.25, 0.3) is 0 Å².